The third-order valence-corrected chi connectivity index (χ3v) is 3.22. The number of hydrogen-bond donors (Lipinski definition) is 3. The summed E-state index contributed by atoms with van der Waals surface area (Å²) in [4.78, 5) is 25.2. The third-order valence-electron chi connectivity index (χ3n) is 2.77. The van der Waals surface area contributed by atoms with Crippen molar-refractivity contribution in [3.63, 3.8) is 0 Å². The summed E-state index contributed by atoms with van der Waals surface area (Å²) in [7, 11) is 0. The van der Waals surface area contributed by atoms with Gasteiger partial charge in [-0.05, 0) is 34.8 Å². The number of rotatable bonds is 4. The van der Waals surface area contributed by atoms with Gasteiger partial charge in [0.05, 0.1) is 6.10 Å². The molecule has 2 heterocycles. The van der Waals surface area contributed by atoms with Crippen molar-refractivity contribution >= 4 is 27.8 Å². The number of H-pyrrole nitrogens is 1. The molecule has 98 valence electrons. The molecular weight excluding hydrogens is 304 g/mol. The Bertz CT molecular complexity index is 460. The van der Waals surface area contributed by atoms with E-state index in [0.717, 1.165) is 4.47 Å². The van der Waals surface area contributed by atoms with E-state index in [4.69, 9.17) is 9.84 Å². The zero-order valence-electron chi connectivity index (χ0n) is 9.48. The summed E-state index contributed by atoms with van der Waals surface area (Å²) < 4.78 is 6.08. The van der Waals surface area contributed by atoms with Gasteiger partial charge in [0.15, 0.2) is 6.10 Å². The van der Waals surface area contributed by atoms with Crippen LogP contribution in [-0.4, -0.2) is 40.7 Å². The first-order chi connectivity index (χ1) is 8.56. The van der Waals surface area contributed by atoms with E-state index in [-0.39, 0.29) is 12.0 Å². The molecule has 1 saturated heterocycles. The lowest BCUT2D eigenvalue weighted by molar-refractivity contribution is -0.149. The summed E-state index contributed by atoms with van der Waals surface area (Å²) in [5.41, 5.74) is 0.453. The molecule has 1 aliphatic heterocycles. The molecule has 1 fully saturated rings. The van der Waals surface area contributed by atoms with Crippen LogP contribution in [0.3, 0.4) is 0 Å². The van der Waals surface area contributed by atoms with Crippen LogP contribution in [0.15, 0.2) is 16.7 Å². The van der Waals surface area contributed by atoms with E-state index < -0.39 is 12.1 Å². The van der Waals surface area contributed by atoms with E-state index in [9.17, 15) is 9.59 Å². The van der Waals surface area contributed by atoms with Crippen molar-refractivity contribution in [3.8, 4) is 0 Å². The Morgan fingerprint density at radius 3 is 2.89 bits per heavy atom. The number of carbonyl (C=O) groups excluding carboxylic acids is 1. The molecule has 18 heavy (non-hydrogen) atoms. The lowest BCUT2D eigenvalue weighted by Crippen LogP contribution is -2.33. The molecular formula is C11H13BrN2O4. The molecule has 7 heteroatoms. The normalized spacial score (nSPS) is 22.9. The first-order valence-corrected chi connectivity index (χ1v) is 6.36. The summed E-state index contributed by atoms with van der Waals surface area (Å²) in [6, 6.07) is 1.67. The molecule has 1 amide bonds. The second kappa shape index (κ2) is 5.53. The van der Waals surface area contributed by atoms with Crippen molar-refractivity contribution in [1.82, 2.24) is 10.3 Å². The highest BCUT2D eigenvalue weighted by atomic mass is 79.9. The van der Waals surface area contributed by atoms with E-state index >= 15 is 0 Å². The number of halogens is 1. The predicted octanol–water partition coefficient (Wildman–Crippen LogP) is 1.14. The summed E-state index contributed by atoms with van der Waals surface area (Å²) >= 11 is 3.24. The smallest absolute Gasteiger partial charge is 0.332 e. The SMILES string of the molecule is O=C(NCC1CCC(C(=O)O)O1)c1cc(Br)c[nH]1. The Morgan fingerprint density at radius 2 is 2.33 bits per heavy atom. The molecule has 0 aliphatic carbocycles. The average molecular weight is 317 g/mol. The van der Waals surface area contributed by atoms with Crippen molar-refractivity contribution in [2.75, 3.05) is 6.54 Å². The second-order valence-corrected chi connectivity index (χ2v) is 5.02. The van der Waals surface area contributed by atoms with Gasteiger partial charge in [-0.25, -0.2) is 4.79 Å². The molecule has 0 bridgehead atoms. The molecule has 2 atom stereocenters. The molecule has 0 aromatic carbocycles. The third kappa shape index (κ3) is 3.11. The minimum absolute atomic E-state index is 0.228. The lowest BCUT2D eigenvalue weighted by Gasteiger charge is -2.11. The van der Waals surface area contributed by atoms with E-state index in [2.05, 4.69) is 26.2 Å². The molecule has 1 aromatic rings. The molecule has 0 radical (unpaired) electrons. The first kappa shape index (κ1) is 13.1. The second-order valence-electron chi connectivity index (χ2n) is 4.10. The maximum Gasteiger partial charge on any atom is 0.332 e. The molecule has 3 N–H and O–H groups in total. The van der Waals surface area contributed by atoms with Crippen molar-refractivity contribution in [2.45, 2.75) is 25.0 Å². The highest BCUT2D eigenvalue weighted by Gasteiger charge is 2.30. The number of carbonyl (C=O) groups is 2. The molecule has 2 rings (SSSR count). The topological polar surface area (TPSA) is 91.4 Å². The zero-order chi connectivity index (χ0) is 13.1. The summed E-state index contributed by atoms with van der Waals surface area (Å²) in [6.45, 7) is 0.319. The van der Waals surface area contributed by atoms with Crippen molar-refractivity contribution < 1.29 is 19.4 Å². The van der Waals surface area contributed by atoms with Gasteiger partial charge >= 0.3 is 5.97 Å². The Hall–Kier alpha value is -1.34. The molecule has 1 aliphatic rings. The van der Waals surface area contributed by atoms with Crippen LogP contribution < -0.4 is 5.32 Å². The number of aromatic nitrogens is 1. The number of aliphatic carboxylic acids is 1. The fraction of sp³-hybridized carbons (Fsp3) is 0.455. The van der Waals surface area contributed by atoms with Crippen molar-refractivity contribution in [2.24, 2.45) is 0 Å². The van der Waals surface area contributed by atoms with Crippen molar-refractivity contribution in [3.05, 3.63) is 22.4 Å². The van der Waals surface area contributed by atoms with Gasteiger partial charge in [0, 0.05) is 17.2 Å². The molecule has 0 saturated carbocycles. The quantitative estimate of drug-likeness (QED) is 0.776. The van der Waals surface area contributed by atoms with Crippen LogP contribution in [0.4, 0.5) is 0 Å². The summed E-state index contributed by atoms with van der Waals surface area (Å²) in [5, 5.41) is 11.5. The highest BCUT2D eigenvalue weighted by molar-refractivity contribution is 9.10. The fourth-order valence-corrected chi connectivity index (χ4v) is 2.18. The van der Waals surface area contributed by atoms with Crippen LogP contribution in [0.1, 0.15) is 23.3 Å². The zero-order valence-corrected chi connectivity index (χ0v) is 11.1. The number of aromatic amines is 1. The van der Waals surface area contributed by atoms with Gasteiger partial charge in [-0.15, -0.1) is 0 Å². The first-order valence-electron chi connectivity index (χ1n) is 5.56. The molecule has 1 aromatic heterocycles. The number of nitrogens with one attached hydrogen (secondary N) is 2. The van der Waals surface area contributed by atoms with Gasteiger partial charge in [-0.3, -0.25) is 4.79 Å². The Labute approximate surface area is 112 Å². The Kier molecular flexibility index (Phi) is 4.03. The van der Waals surface area contributed by atoms with E-state index in [1.807, 2.05) is 0 Å². The maximum absolute atomic E-state index is 11.7. The van der Waals surface area contributed by atoms with Crippen LogP contribution >= 0.6 is 15.9 Å². The highest BCUT2D eigenvalue weighted by Crippen LogP contribution is 2.19. The van der Waals surface area contributed by atoms with Gasteiger partial charge in [0.2, 0.25) is 0 Å². The lowest BCUT2D eigenvalue weighted by atomic mass is 10.2. The van der Waals surface area contributed by atoms with Crippen LogP contribution in [0.5, 0.6) is 0 Å². The molecule has 6 nitrogen and oxygen atoms in total. The summed E-state index contributed by atoms with van der Waals surface area (Å²) in [5.74, 6) is -1.18. The number of carboxylic acid groups (broad SMARTS) is 1. The minimum atomic E-state index is -0.947. The van der Waals surface area contributed by atoms with Gasteiger partial charge in [-0.2, -0.15) is 0 Å². The van der Waals surface area contributed by atoms with Gasteiger partial charge in [0.1, 0.15) is 5.69 Å². The standard InChI is InChI=1S/C11H13BrN2O4/c12-6-3-8(13-4-6)10(15)14-5-7-1-2-9(18-7)11(16)17/h3-4,7,9,13H,1-2,5H2,(H,14,15)(H,16,17). The fourth-order valence-electron chi connectivity index (χ4n) is 1.84. The Balaban J connectivity index is 1.79. The monoisotopic (exact) mass is 316 g/mol. The van der Waals surface area contributed by atoms with Crippen LogP contribution in [-0.2, 0) is 9.53 Å². The Morgan fingerprint density at radius 1 is 1.56 bits per heavy atom. The maximum atomic E-state index is 11.7. The van der Waals surface area contributed by atoms with E-state index in [1.54, 1.807) is 12.3 Å². The summed E-state index contributed by atoms with van der Waals surface area (Å²) in [6.07, 6.45) is 1.83. The van der Waals surface area contributed by atoms with Crippen LogP contribution in [0, 0.1) is 0 Å². The van der Waals surface area contributed by atoms with Gasteiger partial charge < -0.3 is 20.1 Å². The minimum Gasteiger partial charge on any atom is -0.479 e. The van der Waals surface area contributed by atoms with Crippen LogP contribution in [0.2, 0.25) is 0 Å². The molecule has 2 unspecified atom stereocenters. The largest absolute Gasteiger partial charge is 0.479 e. The van der Waals surface area contributed by atoms with E-state index in [0.29, 0.717) is 25.1 Å². The molecule has 0 spiro atoms. The number of carboxylic acids is 1. The van der Waals surface area contributed by atoms with Crippen LogP contribution in [0.25, 0.3) is 0 Å². The van der Waals surface area contributed by atoms with Gasteiger partial charge in [-0.1, -0.05) is 0 Å². The number of hydrogen-bond acceptors (Lipinski definition) is 3. The average Bonchev–Trinajstić information content (AvgIpc) is 2.94. The van der Waals surface area contributed by atoms with E-state index in [1.165, 1.54) is 0 Å². The van der Waals surface area contributed by atoms with Gasteiger partial charge in [0.25, 0.3) is 5.91 Å². The van der Waals surface area contributed by atoms with Crippen molar-refractivity contribution in [1.29, 1.82) is 0 Å². The predicted molar refractivity (Wildman–Crippen MR) is 66.4 cm³/mol. The number of amides is 1. The number of ether oxygens (including phenoxy) is 1.